The van der Waals surface area contributed by atoms with Gasteiger partial charge in [-0.05, 0) is 31.0 Å². The van der Waals surface area contributed by atoms with Crippen molar-refractivity contribution in [1.82, 2.24) is 0 Å². The quantitative estimate of drug-likeness (QED) is 0.734. The van der Waals surface area contributed by atoms with Gasteiger partial charge in [0, 0.05) is 5.02 Å². The van der Waals surface area contributed by atoms with Crippen molar-refractivity contribution >= 4 is 17.4 Å². The molecule has 0 saturated heterocycles. The second kappa shape index (κ2) is 5.17. The van der Waals surface area contributed by atoms with Gasteiger partial charge in [0.15, 0.2) is 5.78 Å². The van der Waals surface area contributed by atoms with Gasteiger partial charge in [-0.25, -0.2) is 0 Å². The Morgan fingerprint density at radius 3 is 2.67 bits per heavy atom. The summed E-state index contributed by atoms with van der Waals surface area (Å²) in [6, 6.07) is 5.10. The minimum atomic E-state index is -0.0312. The van der Waals surface area contributed by atoms with E-state index in [-0.39, 0.29) is 5.78 Å². The highest BCUT2D eigenvalue weighted by atomic mass is 35.5. The number of ether oxygens (including phenoxy) is 1. The minimum Gasteiger partial charge on any atom is -0.493 e. The molecule has 3 heteroatoms. The number of halogens is 1. The van der Waals surface area contributed by atoms with Gasteiger partial charge in [0.25, 0.3) is 0 Å². The predicted octanol–water partition coefficient (Wildman–Crippen LogP) is 3.58. The molecule has 0 heterocycles. The van der Waals surface area contributed by atoms with E-state index in [4.69, 9.17) is 16.3 Å². The van der Waals surface area contributed by atoms with Crippen LogP contribution < -0.4 is 4.74 Å². The molecule has 0 radical (unpaired) electrons. The van der Waals surface area contributed by atoms with Crippen LogP contribution >= 0.6 is 11.6 Å². The number of benzene rings is 1. The van der Waals surface area contributed by atoms with E-state index in [1.54, 1.807) is 18.2 Å². The first-order chi connectivity index (χ1) is 7.00. The molecule has 0 atom stereocenters. The summed E-state index contributed by atoms with van der Waals surface area (Å²) < 4.78 is 5.54. The van der Waals surface area contributed by atoms with Crippen LogP contribution in [0.15, 0.2) is 18.2 Å². The fraction of sp³-hybridized carbons (Fsp3) is 0.417. The van der Waals surface area contributed by atoms with Crippen LogP contribution in [0.25, 0.3) is 0 Å². The fourth-order valence-corrected chi connectivity index (χ4v) is 1.33. The van der Waals surface area contributed by atoms with Crippen molar-refractivity contribution in [3.63, 3.8) is 0 Å². The van der Waals surface area contributed by atoms with Gasteiger partial charge in [-0.15, -0.1) is 0 Å². The largest absolute Gasteiger partial charge is 0.493 e. The van der Waals surface area contributed by atoms with E-state index < -0.39 is 0 Å². The van der Waals surface area contributed by atoms with Crippen LogP contribution in [0.2, 0.25) is 5.02 Å². The lowest BCUT2D eigenvalue weighted by atomic mass is 10.1. The third-order valence-electron chi connectivity index (χ3n) is 1.89. The Morgan fingerprint density at radius 1 is 1.47 bits per heavy atom. The maximum atomic E-state index is 11.3. The molecule has 0 aromatic heterocycles. The van der Waals surface area contributed by atoms with Gasteiger partial charge < -0.3 is 4.74 Å². The molecule has 0 fully saturated rings. The van der Waals surface area contributed by atoms with Crippen molar-refractivity contribution in [2.24, 2.45) is 5.92 Å². The Morgan fingerprint density at radius 2 is 2.13 bits per heavy atom. The van der Waals surface area contributed by atoms with Gasteiger partial charge in [0.2, 0.25) is 0 Å². The predicted molar refractivity (Wildman–Crippen MR) is 61.8 cm³/mol. The molecular formula is C12H15ClO2. The number of carbonyl (C=O) groups excluding carboxylic acids is 1. The van der Waals surface area contributed by atoms with Gasteiger partial charge >= 0.3 is 0 Å². The van der Waals surface area contributed by atoms with E-state index in [0.29, 0.717) is 28.9 Å². The lowest BCUT2D eigenvalue weighted by Crippen LogP contribution is -2.07. The van der Waals surface area contributed by atoms with Crippen LogP contribution in [0.5, 0.6) is 5.75 Å². The minimum absolute atomic E-state index is 0.0312. The number of Topliss-reactive ketones (excluding diaryl/α,β-unsaturated/α-hetero) is 1. The molecule has 82 valence electrons. The van der Waals surface area contributed by atoms with Crippen LogP contribution in [0.4, 0.5) is 0 Å². The summed E-state index contributed by atoms with van der Waals surface area (Å²) in [5.74, 6) is 1.01. The molecule has 0 saturated carbocycles. The van der Waals surface area contributed by atoms with Gasteiger partial charge in [0.05, 0.1) is 12.2 Å². The SMILES string of the molecule is CC(=O)c1cc(Cl)ccc1OCC(C)C. The first kappa shape index (κ1) is 12.1. The average Bonchev–Trinajstić information content (AvgIpc) is 2.15. The van der Waals surface area contributed by atoms with E-state index in [1.165, 1.54) is 6.92 Å². The Balaban J connectivity index is 2.91. The zero-order chi connectivity index (χ0) is 11.4. The Kier molecular flexibility index (Phi) is 4.15. The average molecular weight is 227 g/mol. The molecule has 0 amide bonds. The summed E-state index contributed by atoms with van der Waals surface area (Å²) in [4.78, 5) is 11.3. The Hall–Kier alpha value is -1.02. The summed E-state index contributed by atoms with van der Waals surface area (Å²) in [6.45, 7) is 6.22. The molecular weight excluding hydrogens is 212 g/mol. The van der Waals surface area contributed by atoms with Crippen molar-refractivity contribution in [3.05, 3.63) is 28.8 Å². The molecule has 15 heavy (non-hydrogen) atoms. The number of hydrogen-bond acceptors (Lipinski definition) is 2. The van der Waals surface area contributed by atoms with Crippen LogP contribution in [0.3, 0.4) is 0 Å². The first-order valence-electron chi connectivity index (χ1n) is 4.94. The van der Waals surface area contributed by atoms with Gasteiger partial charge in [-0.1, -0.05) is 25.4 Å². The fourth-order valence-electron chi connectivity index (χ4n) is 1.16. The number of carbonyl (C=O) groups is 1. The van der Waals surface area contributed by atoms with Crippen LogP contribution in [-0.4, -0.2) is 12.4 Å². The maximum Gasteiger partial charge on any atom is 0.163 e. The molecule has 0 aliphatic heterocycles. The zero-order valence-corrected chi connectivity index (χ0v) is 9.97. The highest BCUT2D eigenvalue weighted by Gasteiger charge is 2.09. The first-order valence-corrected chi connectivity index (χ1v) is 5.31. The molecule has 1 aromatic rings. The van der Waals surface area contributed by atoms with Crippen molar-refractivity contribution in [2.45, 2.75) is 20.8 Å². The van der Waals surface area contributed by atoms with Crippen molar-refractivity contribution in [1.29, 1.82) is 0 Å². The molecule has 0 spiro atoms. The van der Waals surface area contributed by atoms with Crippen LogP contribution in [0, 0.1) is 5.92 Å². The summed E-state index contributed by atoms with van der Waals surface area (Å²) in [6.07, 6.45) is 0. The van der Waals surface area contributed by atoms with E-state index in [1.807, 2.05) is 0 Å². The number of ketones is 1. The molecule has 1 rings (SSSR count). The van der Waals surface area contributed by atoms with Gasteiger partial charge in [0.1, 0.15) is 5.75 Å². The standard InChI is InChI=1S/C12H15ClO2/c1-8(2)7-15-12-5-4-10(13)6-11(12)9(3)14/h4-6,8H,7H2,1-3H3. The van der Waals surface area contributed by atoms with Gasteiger partial charge in [-0.3, -0.25) is 4.79 Å². The van der Waals surface area contributed by atoms with Gasteiger partial charge in [-0.2, -0.15) is 0 Å². The van der Waals surface area contributed by atoms with E-state index in [9.17, 15) is 4.79 Å². The monoisotopic (exact) mass is 226 g/mol. The highest BCUT2D eigenvalue weighted by Crippen LogP contribution is 2.23. The second-order valence-electron chi connectivity index (χ2n) is 3.90. The van der Waals surface area contributed by atoms with Crippen LogP contribution in [-0.2, 0) is 0 Å². The summed E-state index contributed by atoms with van der Waals surface area (Å²) in [5, 5.41) is 0.553. The molecule has 1 aromatic carbocycles. The van der Waals surface area contributed by atoms with Crippen molar-refractivity contribution in [3.8, 4) is 5.75 Å². The normalized spacial score (nSPS) is 10.5. The topological polar surface area (TPSA) is 26.3 Å². The molecule has 0 aliphatic rings. The van der Waals surface area contributed by atoms with Crippen LogP contribution in [0.1, 0.15) is 31.1 Å². The summed E-state index contributed by atoms with van der Waals surface area (Å²) >= 11 is 5.82. The summed E-state index contributed by atoms with van der Waals surface area (Å²) in [5.41, 5.74) is 0.545. The van der Waals surface area contributed by atoms with Crippen molar-refractivity contribution < 1.29 is 9.53 Å². The molecule has 0 N–H and O–H groups in total. The third-order valence-corrected chi connectivity index (χ3v) is 2.13. The highest BCUT2D eigenvalue weighted by molar-refractivity contribution is 6.31. The van der Waals surface area contributed by atoms with E-state index in [0.717, 1.165) is 0 Å². The molecule has 0 aliphatic carbocycles. The molecule has 2 nitrogen and oxygen atoms in total. The summed E-state index contributed by atoms with van der Waals surface area (Å²) in [7, 11) is 0. The van der Waals surface area contributed by atoms with Crippen molar-refractivity contribution in [2.75, 3.05) is 6.61 Å². The Labute approximate surface area is 95.2 Å². The lowest BCUT2D eigenvalue weighted by molar-refractivity contribution is 0.101. The molecule has 0 unspecified atom stereocenters. The van der Waals surface area contributed by atoms with E-state index >= 15 is 0 Å². The smallest absolute Gasteiger partial charge is 0.163 e. The number of rotatable bonds is 4. The lowest BCUT2D eigenvalue weighted by Gasteiger charge is -2.11. The number of hydrogen-bond donors (Lipinski definition) is 0. The molecule has 0 bridgehead atoms. The maximum absolute atomic E-state index is 11.3. The second-order valence-corrected chi connectivity index (χ2v) is 4.34. The zero-order valence-electron chi connectivity index (χ0n) is 9.21. The Bertz CT molecular complexity index is 359. The van der Waals surface area contributed by atoms with E-state index in [2.05, 4.69) is 13.8 Å². The third kappa shape index (κ3) is 3.56.